The first-order valence-corrected chi connectivity index (χ1v) is 10.5. The molecule has 0 saturated heterocycles. The van der Waals surface area contributed by atoms with Crippen molar-refractivity contribution in [2.45, 2.75) is 19.8 Å². The fraction of sp³-hybridized carbons (Fsp3) is 0.174. The first-order chi connectivity index (χ1) is 15.4. The SMILES string of the molecule is CC(=NNC(=O)CCCOc1ccc(Cl)cc1Cl)c1cccc(NC(=O)c2ccco2)c1. The minimum atomic E-state index is -0.350. The number of ether oxygens (including phenoxy) is 1. The molecule has 2 amide bonds. The first-order valence-electron chi connectivity index (χ1n) is 9.78. The molecule has 32 heavy (non-hydrogen) atoms. The molecule has 1 aromatic heterocycles. The Balaban J connectivity index is 1.46. The number of rotatable bonds is 9. The van der Waals surface area contributed by atoms with E-state index in [0.29, 0.717) is 40.2 Å². The lowest BCUT2D eigenvalue weighted by molar-refractivity contribution is -0.121. The summed E-state index contributed by atoms with van der Waals surface area (Å²) in [6.45, 7) is 2.09. The van der Waals surface area contributed by atoms with Gasteiger partial charge >= 0.3 is 0 Å². The zero-order valence-corrected chi connectivity index (χ0v) is 18.7. The van der Waals surface area contributed by atoms with Gasteiger partial charge in [0.15, 0.2) is 5.76 Å². The van der Waals surface area contributed by atoms with Gasteiger partial charge in [0.2, 0.25) is 5.91 Å². The van der Waals surface area contributed by atoms with Crippen molar-refractivity contribution in [2.75, 3.05) is 11.9 Å². The first kappa shape index (κ1) is 23.4. The van der Waals surface area contributed by atoms with Crippen LogP contribution in [0.2, 0.25) is 10.0 Å². The van der Waals surface area contributed by atoms with Gasteiger partial charge in [0.1, 0.15) is 5.75 Å². The third kappa shape index (κ3) is 6.87. The number of hydrogen-bond acceptors (Lipinski definition) is 5. The second kappa shape index (κ2) is 11.4. The van der Waals surface area contributed by atoms with Crippen LogP contribution in [-0.2, 0) is 4.79 Å². The smallest absolute Gasteiger partial charge is 0.291 e. The summed E-state index contributed by atoms with van der Waals surface area (Å²) in [6, 6.07) is 15.3. The Morgan fingerprint density at radius 3 is 2.69 bits per heavy atom. The van der Waals surface area contributed by atoms with Crippen molar-refractivity contribution in [3.8, 4) is 5.75 Å². The molecule has 0 unspecified atom stereocenters. The number of hydrogen-bond donors (Lipinski definition) is 2. The van der Waals surface area contributed by atoms with Gasteiger partial charge in [0.25, 0.3) is 5.91 Å². The van der Waals surface area contributed by atoms with Crippen LogP contribution in [0.4, 0.5) is 5.69 Å². The van der Waals surface area contributed by atoms with E-state index in [2.05, 4.69) is 15.8 Å². The lowest BCUT2D eigenvalue weighted by Gasteiger charge is -2.08. The summed E-state index contributed by atoms with van der Waals surface area (Å²) in [5.41, 5.74) is 4.46. The maximum Gasteiger partial charge on any atom is 0.291 e. The highest BCUT2D eigenvalue weighted by molar-refractivity contribution is 6.35. The molecule has 0 aliphatic carbocycles. The summed E-state index contributed by atoms with van der Waals surface area (Å²) in [5.74, 6) is 0.148. The molecule has 0 spiro atoms. The molecule has 0 aliphatic rings. The Kier molecular flexibility index (Phi) is 8.30. The van der Waals surface area contributed by atoms with Crippen molar-refractivity contribution < 1.29 is 18.7 Å². The molecule has 0 aliphatic heterocycles. The number of nitrogens with zero attached hydrogens (tertiary/aromatic N) is 1. The normalized spacial score (nSPS) is 11.2. The minimum Gasteiger partial charge on any atom is -0.492 e. The van der Waals surface area contributed by atoms with Gasteiger partial charge in [-0.25, -0.2) is 5.43 Å². The zero-order valence-electron chi connectivity index (χ0n) is 17.2. The van der Waals surface area contributed by atoms with Crippen molar-refractivity contribution >= 4 is 46.4 Å². The van der Waals surface area contributed by atoms with Gasteiger partial charge in [0.05, 0.1) is 23.6 Å². The van der Waals surface area contributed by atoms with E-state index in [0.717, 1.165) is 5.56 Å². The van der Waals surface area contributed by atoms with Gasteiger partial charge in [-0.2, -0.15) is 5.10 Å². The average molecular weight is 474 g/mol. The molecule has 0 bridgehead atoms. The van der Waals surface area contributed by atoms with E-state index >= 15 is 0 Å². The van der Waals surface area contributed by atoms with Crippen LogP contribution >= 0.6 is 23.2 Å². The lowest BCUT2D eigenvalue weighted by Crippen LogP contribution is -2.19. The van der Waals surface area contributed by atoms with Crippen LogP contribution in [0.5, 0.6) is 5.75 Å². The van der Waals surface area contributed by atoms with Crippen LogP contribution in [-0.4, -0.2) is 24.1 Å². The van der Waals surface area contributed by atoms with Crippen molar-refractivity contribution in [2.24, 2.45) is 5.10 Å². The molecule has 0 radical (unpaired) electrons. The summed E-state index contributed by atoms with van der Waals surface area (Å²) >= 11 is 11.9. The van der Waals surface area contributed by atoms with Gasteiger partial charge < -0.3 is 14.5 Å². The molecular formula is C23H21Cl2N3O4. The molecule has 0 atom stereocenters. The number of furan rings is 1. The Hall–Kier alpha value is -3.29. The van der Waals surface area contributed by atoms with Gasteiger partial charge in [-0.3, -0.25) is 9.59 Å². The number of benzene rings is 2. The van der Waals surface area contributed by atoms with E-state index < -0.39 is 0 Å². The van der Waals surface area contributed by atoms with Crippen LogP contribution in [0.1, 0.15) is 35.9 Å². The summed E-state index contributed by atoms with van der Waals surface area (Å²) < 4.78 is 10.6. The third-order valence-corrected chi connectivity index (χ3v) is 4.86. The molecule has 1 heterocycles. The largest absolute Gasteiger partial charge is 0.492 e. The molecular weight excluding hydrogens is 453 g/mol. The molecule has 7 nitrogen and oxygen atoms in total. The number of carbonyl (C=O) groups is 2. The predicted octanol–water partition coefficient (Wildman–Crippen LogP) is 5.54. The topological polar surface area (TPSA) is 92.9 Å². The number of hydrazone groups is 1. The Labute approximate surface area is 195 Å². The number of carbonyl (C=O) groups excluding carboxylic acids is 2. The lowest BCUT2D eigenvalue weighted by atomic mass is 10.1. The molecule has 9 heteroatoms. The standard InChI is InChI=1S/C23H21Cl2N3O4/c1-15(16-5-2-6-18(13-16)26-23(30)21-7-3-11-32-21)27-28-22(29)8-4-12-31-20-10-9-17(24)14-19(20)25/h2-3,5-7,9-11,13-14H,4,8,12H2,1H3,(H,26,30)(H,28,29). The molecule has 0 fully saturated rings. The van der Waals surface area contributed by atoms with Crippen LogP contribution in [0.25, 0.3) is 0 Å². The van der Waals surface area contributed by atoms with Crippen LogP contribution in [0.15, 0.2) is 70.4 Å². The number of halogens is 2. The summed E-state index contributed by atoms with van der Waals surface area (Å²) in [5, 5.41) is 7.84. The van der Waals surface area contributed by atoms with Gasteiger partial charge in [-0.15, -0.1) is 0 Å². The molecule has 2 N–H and O–H groups in total. The number of anilines is 1. The minimum absolute atomic E-state index is 0.218. The van der Waals surface area contributed by atoms with Crippen molar-refractivity contribution in [3.05, 3.63) is 82.2 Å². The highest BCUT2D eigenvalue weighted by atomic mass is 35.5. The molecule has 166 valence electrons. The number of amides is 2. The predicted molar refractivity (Wildman–Crippen MR) is 125 cm³/mol. The Morgan fingerprint density at radius 2 is 1.94 bits per heavy atom. The summed E-state index contributed by atoms with van der Waals surface area (Å²) in [4.78, 5) is 24.2. The van der Waals surface area contributed by atoms with Crippen LogP contribution in [0, 0.1) is 0 Å². The van der Waals surface area contributed by atoms with E-state index in [1.807, 2.05) is 6.07 Å². The zero-order chi connectivity index (χ0) is 22.9. The maximum absolute atomic E-state index is 12.1. The maximum atomic E-state index is 12.1. The monoisotopic (exact) mass is 473 g/mol. The Morgan fingerprint density at radius 1 is 1.09 bits per heavy atom. The highest BCUT2D eigenvalue weighted by Gasteiger charge is 2.10. The van der Waals surface area contributed by atoms with Gasteiger partial charge in [-0.05, 0) is 61.4 Å². The molecule has 0 saturated carbocycles. The average Bonchev–Trinajstić information content (AvgIpc) is 3.31. The van der Waals surface area contributed by atoms with Gasteiger partial charge in [0, 0.05) is 17.1 Å². The summed E-state index contributed by atoms with van der Waals surface area (Å²) in [6.07, 6.45) is 2.17. The van der Waals surface area contributed by atoms with Crippen molar-refractivity contribution in [1.82, 2.24) is 5.43 Å². The molecule has 3 aromatic rings. The van der Waals surface area contributed by atoms with E-state index in [9.17, 15) is 9.59 Å². The fourth-order valence-corrected chi connectivity index (χ4v) is 3.16. The fourth-order valence-electron chi connectivity index (χ4n) is 2.70. The number of nitrogens with one attached hydrogen (secondary N) is 2. The third-order valence-electron chi connectivity index (χ3n) is 4.33. The summed E-state index contributed by atoms with van der Waals surface area (Å²) in [7, 11) is 0. The van der Waals surface area contributed by atoms with E-state index in [1.165, 1.54) is 6.26 Å². The highest BCUT2D eigenvalue weighted by Crippen LogP contribution is 2.27. The van der Waals surface area contributed by atoms with Crippen molar-refractivity contribution in [1.29, 1.82) is 0 Å². The quantitative estimate of drug-likeness (QED) is 0.242. The molecule has 2 aromatic carbocycles. The van der Waals surface area contributed by atoms with Gasteiger partial charge in [-0.1, -0.05) is 35.3 Å². The second-order valence-corrected chi connectivity index (χ2v) is 7.61. The van der Waals surface area contributed by atoms with E-state index in [1.54, 1.807) is 55.5 Å². The second-order valence-electron chi connectivity index (χ2n) is 6.77. The Bertz CT molecular complexity index is 1110. The van der Waals surface area contributed by atoms with Crippen molar-refractivity contribution in [3.63, 3.8) is 0 Å². The van der Waals surface area contributed by atoms with Crippen LogP contribution in [0.3, 0.4) is 0 Å². The van der Waals surface area contributed by atoms with E-state index in [-0.39, 0.29) is 24.0 Å². The van der Waals surface area contributed by atoms with Crippen LogP contribution < -0.4 is 15.5 Å². The van der Waals surface area contributed by atoms with E-state index in [4.69, 9.17) is 32.4 Å². The molecule has 3 rings (SSSR count).